The largest absolute Gasteiger partial charge is 0.478 e. The van der Waals surface area contributed by atoms with Gasteiger partial charge in [-0.25, -0.2) is 4.79 Å². The van der Waals surface area contributed by atoms with Crippen LogP contribution in [-0.4, -0.2) is 16.2 Å². The molecule has 0 aliphatic rings. The number of rotatable bonds is 3. The van der Waals surface area contributed by atoms with E-state index in [1.807, 2.05) is 45.0 Å². The normalized spacial score (nSPS) is 12.2. The quantitative estimate of drug-likeness (QED) is 0.903. The molecule has 0 radical (unpaired) electrons. The molecule has 0 aromatic heterocycles. The molecule has 0 heterocycles. The van der Waals surface area contributed by atoms with Crippen molar-refractivity contribution < 1.29 is 15.0 Å². The molecule has 0 bridgehead atoms. The van der Waals surface area contributed by atoms with Gasteiger partial charge in [0.15, 0.2) is 0 Å². The van der Waals surface area contributed by atoms with Gasteiger partial charge in [-0.05, 0) is 55.5 Å². The number of benzene rings is 2. The lowest BCUT2D eigenvalue weighted by molar-refractivity contribution is 0.0690. The molecule has 1 unspecified atom stereocenters. The zero-order chi connectivity index (χ0) is 15.7. The van der Waals surface area contributed by atoms with E-state index >= 15 is 0 Å². The number of carboxylic acid groups (broad SMARTS) is 1. The van der Waals surface area contributed by atoms with Gasteiger partial charge in [0.1, 0.15) is 6.10 Å². The average molecular weight is 284 g/mol. The first kappa shape index (κ1) is 15.3. The second-order valence-electron chi connectivity index (χ2n) is 5.54. The van der Waals surface area contributed by atoms with Gasteiger partial charge >= 0.3 is 5.97 Å². The molecule has 21 heavy (non-hydrogen) atoms. The van der Waals surface area contributed by atoms with Crippen molar-refractivity contribution in [3.63, 3.8) is 0 Å². The van der Waals surface area contributed by atoms with E-state index < -0.39 is 12.1 Å². The molecule has 1 atom stereocenters. The first-order chi connectivity index (χ1) is 9.82. The summed E-state index contributed by atoms with van der Waals surface area (Å²) in [4.78, 5) is 11.5. The predicted molar refractivity (Wildman–Crippen MR) is 82.9 cm³/mol. The standard InChI is InChI=1S/C18H20O3/c1-10-7-8-14(9-13(10)4)17(19)15-11(2)5-6-12(3)16(15)18(20)21/h5-9,17,19H,1-4H3,(H,20,21). The fourth-order valence-electron chi connectivity index (χ4n) is 2.57. The molecule has 0 fully saturated rings. The first-order valence-corrected chi connectivity index (χ1v) is 6.91. The summed E-state index contributed by atoms with van der Waals surface area (Å²) in [5.41, 5.74) is 5.05. The summed E-state index contributed by atoms with van der Waals surface area (Å²) in [6, 6.07) is 9.32. The molecule has 0 amide bonds. The molecular formula is C18H20O3. The highest BCUT2D eigenvalue weighted by atomic mass is 16.4. The summed E-state index contributed by atoms with van der Waals surface area (Å²) in [6.07, 6.45) is -0.935. The van der Waals surface area contributed by atoms with Crippen LogP contribution in [0.1, 0.15) is 49.8 Å². The molecular weight excluding hydrogens is 264 g/mol. The molecule has 3 nitrogen and oxygen atoms in total. The Morgan fingerprint density at radius 1 is 0.905 bits per heavy atom. The third-order valence-corrected chi connectivity index (χ3v) is 4.01. The van der Waals surface area contributed by atoms with Crippen LogP contribution in [0.2, 0.25) is 0 Å². The van der Waals surface area contributed by atoms with Crippen molar-refractivity contribution in [3.8, 4) is 0 Å². The number of hydrogen-bond donors (Lipinski definition) is 2. The Balaban J connectivity index is 2.62. The fourth-order valence-corrected chi connectivity index (χ4v) is 2.57. The Morgan fingerprint density at radius 2 is 1.48 bits per heavy atom. The predicted octanol–water partition coefficient (Wildman–Crippen LogP) is 3.70. The zero-order valence-corrected chi connectivity index (χ0v) is 12.8. The number of aliphatic hydroxyl groups is 1. The Morgan fingerprint density at radius 3 is 2.05 bits per heavy atom. The van der Waals surface area contributed by atoms with Crippen LogP contribution in [0.25, 0.3) is 0 Å². The summed E-state index contributed by atoms with van der Waals surface area (Å²) in [7, 11) is 0. The lowest BCUT2D eigenvalue weighted by atomic mass is 9.89. The fraction of sp³-hybridized carbons (Fsp3) is 0.278. The topological polar surface area (TPSA) is 57.5 Å². The molecule has 0 aliphatic heterocycles. The molecule has 0 spiro atoms. The van der Waals surface area contributed by atoms with E-state index in [1.165, 1.54) is 0 Å². The van der Waals surface area contributed by atoms with Crippen LogP contribution in [-0.2, 0) is 0 Å². The zero-order valence-electron chi connectivity index (χ0n) is 12.8. The van der Waals surface area contributed by atoms with E-state index in [1.54, 1.807) is 13.0 Å². The monoisotopic (exact) mass is 284 g/mol. The van der Waals surface area contributed by atoms with Gasteiger partial charge in [0.2, 0.25) is 0 Å². The molecule has 0 saturated heterocycles. The van der Waals surface area contributed by atoms with Gasteiger partial charge in [-0.3, -0.25) is 0 Å². The Bertz CT molecular complexity index is 702. The molecule has 0 aliphatic carbocycles. The number of hydrogen-bond acceptors (Lipinski definition) is 2. The van der Waals surface area contributed by atoms with E-state index in [2.05, 4.69) is 0 Å². The van der Waals surface area contributed by atoms with Gasteiger partial charge in [0.25, 0.3) is 0 Å². The second-order valence-corrected chi connectivity index (χ2v) is 5.54. The van der Waals surface area contributed by atoms with Gasteiger partial charge in [-0.1, -0.05) is 30.3 Å². The van der Waals surface area contributed by atoms with E-state index in [9.17, 15) is 15.0 Å². The highest BCUT2D eigenvalue weighted by molar-refractivity contribution is 5.92. The summed E-state index contributed by atoms with van der Waals surface area (Å²) in [5, 5.41) is 20.1. The number of aliphatic hydroxyl groups excluding tert-OH is 1. The van der Waals surface area contributed by atoms with Crippen molar-refractivity contribution in [2.75, 3.05) is 0 Å². The van der Waals surface area contributed by atoms with Crippen molar-refractivity contribution in [1.82, 2.24) is 0 Å². The van der Waals surface area contributed by atoms with Gasteiger partial charge < -0.3 is 10.2 Å². The maximum atomic E-state index is 11.5. The van der Waals surface area contributed by atoms with Crippen molar-refractivity contribution >= 4 is 5.97 Å². The molecule has 110 valence electrons. The van der Waals surface area contributed by atoms with Gasteiger partial charge in [0.05, 0.1) is 5.56 Å². The maximum absolute atomic E-state index is 11.5. The van der Waals surface area contributed by atoms with Crippen LogP contribution in [0.3, 0.4) is 0 Å². The van der Waals surface area contributed by atoms with E-state index in [-0.39, 0.29) is 5.56 Å². The number of aromatic carboxylic acids is 1. The van der Waals surface area contributed by atoms with Crippen LogP contribution in [0.15, 0.2) is 30.3 Å². The van der Waals surface area contributed by atoms with Crippen LogP contribution in [0.4, 0.5) is 0 Å². The molecule has 3 heteroatoms. The van der Waals surface area contributed by atoms with Crippen LogP contribution < -0.4 is 0 Å². The molecule has 2 aromatic carbocycles. The van der Waals surface area contributed by atoms with E-state index in [0.717, 1.165) is 16.7 Å². The maximum Gasteiger partial charge on any atom is 0.336 e. The van der Waals surface area contributed by atoms with E-state index in [4.69, 9.17) is 0 Å². The minimum Gasteiger partial charge on any atom is -0.478 e. The second kappa shape index (κ2) is 5.70. The lowest BCUT2D eigenvalue weighted by Crippen LogP contribution is -2.12. The van der Waals surface area contributed by atoms with Gasteiger partial charge in [0, 0.05) is 5.56 Å². The van der Waals surface area contributed by atoms with E-state index in [0.29, 0.717) is 16.7 Å². The summed E-state index contributed by atoms with van der Waals surface area (Å²) in [5.74, 6) is -1.01. The summed E-state index contributed by atoms with van der Waals surface area (Å²) < 4.78 is 0. The minimum absolute atomic E-state index is 0.195. The average Bonchev–Trinajstić information content (AvgIpc) is 2.43. The minimum atomic E-state index is -1.01. The highest BCUT2D eigenvalue weighted by Crippen LogP contribution is 2.30. The third kappa shape index (κ3) is 2.83. The van der Waals surface area contributed by atoms with Crippen LogP contribution in [0.5, 0.6) is 0 Å². The number of carboxylic acids is 1. The number of carbonyl (C=O) groups is 1. The molecule has 2 rings (SSSR count). The van der Waals surface area contributed by atoms with Crippen LogP contribution in [0, 0.1) is 27.7 Å². The third-order valence-electron chi connectivity index (χ3n) is 4.01. The summed E-state index contributed by atoms with van der Waals surface area (Å²) >= 11 is 0. The van der Waals surface area contributed by atoms with Crippen molar-refractivity contribution in [2.45, 2.75) is 33.8 Å². The molecule has 0 saturated carbocycles. The van der Waals surface area contributed by atoms with Crippen molar-refractivity contribution in [1.29, 1.82) is 0 Å². The first-order valence-electron chi connectivity index (χ1n) is 6.91. The smallest absolute Gasteiger partial charge is 0.336 e. The Hall–Kier alpha value is -2.13. The lowest BCUT2D eigenvalue weighted by Gasteiger charge is -2.19. The van der Waals surface area contributed by atoms with Gasteiger partial charge in [-0.15, -0.1) is 0 Å². The van der Waals surface area contributed by atoms with Crippen molar-refractivity contribution in [2.24, 2.45) is 0 Å². The van der Waals surface area contributed by atoms with Crippen LogP contribution >= 0.6 is 0 Å². The summed E-state index contributed by atoms with van der Waals surface area (Å²) in [6.45, 7) is 7.56. The number of aryl methyl sites for hydroxylation is 4. The SMILES string of the molecule is Cc1ccc(C(O)c2c(C)ccc(C)c2C(=O)O)cc1C. The Kier molecular flexibility index (Phi) is 4.14. The Labute approximate surface area is 124 Å². The highest BCUT2D eigenvalue weighted by Gasteiger charge is 2.22. The molecule has 2 N–H and O–H groups in total. The molecule has 2 aromatic rings. The van der Waals surface area contributed by atoms with Gasteiger partial charge in [-0.2, -0.15) is 0 Å². The van der Waals surface area contributed by atoms with Crippen molar-refractivity contribution in [3.05, 3.63) is 69.3 Å².